The summed E-state index contributed by atoms with van der Waals surface area (Å²) in [4.78, 5) is 0. The molecular formula is C16H15NO2. The summed E-state index contributed by atoms with van der Waals surface area (Å²) in [5, 5.41) is 19.7. The second kappa shape index (κ2) is 6.03. The zero-order valence-electron chi connectivity index (χ0n) is 10.7. The number of para-hydroxylation sites is 1. The first kappa shape index (κ1) is 13.1. The van der Waals surface area contributed by atoms with Crippen molar-refractivity contribution in [3.05, 3.63) is 65.7 Å². The van der Waals surface area contributed by atoms with Crippen molar-refractivity contribution in [3.8, 4) is 11.8 Å². The smallest absolute Gasteiger partial charge is 0.123 e. The van der Waals surface area contributed by atoms with Crippen LogP contribution in [0.1, 0.15) is 23.1 Å². The number of rotatable bonds is 4. The van der Waals surface area contributed by atoms with Crippen LogP contribution in [-0.4, -0.2) is 12.2 Å². The Morgan fingerprint density at radius 1 is 1.05 bits per heavy atom. The second-order valence-corrected chi connectivity index (χ2v) is 4.20. The number of hydrogen-bond acceptors (Lipinski definition) is 3. The van der Waals surface area contributed by atoms with Crippen molar-refractivity contribution >= 4 is 0 Å². The normalized spacial score (nSPS) is 13.3. The molecule has 1 N–H and O–H groups in total. The van der Waals surface area contributed by atoms with Crippen LogP contribution < -0.4 is 4.74 Å². The molecule has 0 aliphatic carbocycles. The molecule has 0 aromatic heterocycles. The third-order valence-electron chi connectivity index (χ3n) is 3.07. The number of ether oxygens (including phenoxy) is 1. The average molecular weight is 253 g/mol. The van der Waals surface area contributed by atoms with E-state index in [2.05, 4.69) is 6.07 Å². The van der Waals surface area contributed by atoms with Crippen molar-refractivity contribution < 1.29 is 9.84 Å². The van der Waals surface area contributed by atoms with Crippen LogP contribution in [0.4, 0.5) is 0 Å². The van der Waals surface area contributed by atoms with Gasteiger partial charge in [-0.2, -0.15) is 5.26 Å². The fourth-order valence-electron chi connectivity index (χ4n) is 2.08. The average Bonchev–Trinajstić information content (AvgIpc) is 2.49. The van der Waals surface area contributed by atoms with E-state index in [1.165, 1.54) is 0 Å². The van der Waals surface area contributed by atoms with Gasteiger partial charge in [0.15, 0.2) is 0 Å². The summed E-state index contributed by atoms with van der Waals surface area (Å²) >= 11 is 0. The Balaban J connectivity index is 2.38. The lowest BCUT2D eigenvalue weighted by Gasteiger charge is -2.19. The van der Waals surface area contributed by atoms with Gasteiger partial charge in [-0.3, -0.25) is 0 Å². The van der Waals surface area contributed by atoms with Gasteiger partial charge in [-0.15, -0.1) is 0 Å². The largest absolute Gasteiger partial charge is 0.496 e. The van der Waals surface area contributed by atoms with Crippen LogP contribution in [0.25, 0.3) is 0 Å². The molecule has 0 aliphatic heterocycles. The number of benzene rings is 2. The molecule has 0 bridgehead atoms. The summed E-state index contributed by atoms with van der Waals surface area (Å²) in [7, 11) is 1.56. The fraction of sp³-hybridized carbons (Fsp3) is 0.188. The maximum absolute atomic E-state index is 10.4. The summed E-state index contributed by atoms with van der Waals surface area (Å²) in [6, 6.07) is 18.6. The van der Waals surface area contributed by atoms with Crippen molar-refractivity contribution in [1.82, 2.24) is 0 Å². The molecule has 19 heavy (non-hydrogen) atoms. The van der Waals surface area contributed by atoms with Crippen molar-refractivity contribution in [2.45, 2.75) is 12.0 Å². The summed E-state index contributed by atoms with van der Waals surface area (Å²) in [5.41, 5.74) is 1.42. The molecule has 2 aromatic rings. The summed E-state index contributed by atoms with van der Waals surface area (Å²) in [6.45, 7) is 0. The highest BCUT2D eigenvalue weighted by Crippen LogP contribution is 2.35. The zero-order valence-corrected chi connectivity index (χ0v) is 10.7. The number of methoxy groups -OCH3 is 1. The van der Waals surface area contributed by atoms with Crippen LogP contribution in [0.3, 0.4) is 0 Å². The molecule has 0 amide bonds. The first-order chi connectivity index (χ1) is 9.27. The lowest BCUT2D eigenvalue weighted by atomic mass is 9.90. The maximum atomic E-state index is 10.4. The second-order valence-electron chi connectivity index (χ2n) is 4.20. The van der Waals surface area contributed by atoms with E-state index < -0.39 is 12.0 Å². The van der Waals surface area contributed by atoms with Crippen molar-refractivity contribution in [1.29, 1.82) is 5.26 Å². The van der Waals surface area contributed by atoms with Crippen molar-refractivity contribution in [2.24, 2.45) is 0 Å². The highest BCUT2D eigenvalue weighted by atomic mass is 16.5. The number of nitrogens with zero attached hydrogens (tertiary/aromatic N) is 1. The molecule has 0 fully saturated rings. The van der Waals surface area contributed by atoms with E-state index in [1.807, 2.05) is 42.5 Å². The molecule has 0 saturated heterocycles. The van der Waals surface area contributed by atoms with E-state index in [1.54, 1.807) is 19.2 Å². The van der Waals surface area contributed by atoms with Crippen LogP contribution in [-0.2, 0) is 0 Å². The molecule has 2 rings (SSSR count). The first-order valence-corrected chi connectivity index (χ1v) is 6.03. The van der Waals surface area contributed by atoms with E-state index >= 15 is 0 Å². The van der Waals surface area contributed by atoms with Crippen LogP contribution >= 0.6 is 0 Å². The molecule has 3 heteroatoms. The number of hydrogen-bond donors (Lipinski definition) is 1. The topological polar surface area (TPSA) is 53.2 Å². The van der Waals surface area contributed by atoms with Gasteiger partial charge in [-0.25, -0.2) is 0 Å². The minimum absolute atomic E-state index is 0.615. The van der Waals surface area contributed by atoms with Crippen LogP contribution in [0.2, 0.25) is 0 Å². The number of aliphatic hydroxyl groups excluding tert-OH is 1. The van der Waals surface area contributed by atoms with Gasteiger partial charge in [0, 0.05) is 5.56 Å². The Morgan fingerprint density at radius 2 is 1.68 bits per heavy atom. The Morgan fingerprint density at radius 3 is 2.32 bits per heavy atom. The Kier molecular flexibility index (Phi) is 4.17. The van der Waals surface area contributed by atoms with Gasteiger partial charge in [0.25, 0.3) is 0 Å². The summed E-state index contributed by atoms with van der Waals surface area (Å²) in [5.74, 6) is -0.0393. The molecule has 0 unspecified atom stereocenters. The maximum Gasteiger partial charge on any atom is 0.123 e. The van der Waals surface area contributed by atoms with Gasteiger partial charge < -0.3 is 9.84 Å². The van der Waals surface area contributed by atoms with Gasteiger partial charge in [0.1, 0.15) is 11.7 Å². The molecule has 2 atom stereocenters. The van der Waals surface area contributed by atoms with Gasteiger partial charge >= 0.3 is 0 Å². The van der Waals surface area contributed by atoms with Crippen LogP contribution in [0.15, 0.2) is 54.6 Å². The SMILES string of the molecule is COc1ccccc1[C@H](C#N)[C@@H](O)c1ccccc1. The van der Waals surface area contributed by atoms with E-state index in [4.69, 9.17) is 4.74 Å². The Labute approximate surface area is 112 Å². The zero-order chi connectivity index (χ0) is 13.7. The lowest BCUT2D eigenvalue weighted by Crippen LogP contribution is -2.10. The van der Waals surface area contributed by atoms with Gasteiger partial charge in [-0.1, -0.05) is 48.5 Å². The van der Waals surface area contributed by atoms with E-state index in [9.17, 15) is 10.4 Å². The molecule has 0 heterocycles. The molecular weight excluding hydrogens is 238 g/mol. The van der Waals surface area contributed by atoms with Crippen molar-refractivity contribution in [3.63, 3.8) is 0 Å². The third kappa shape index (κ3) is 2.75. The molecule has 0 radical (unpaired) electrons. The number of aliphatic hydroxyl groups is 1. The van der Waals surface area contributed by atoms with Crippen molar-refractivity contribution in [2.75, 3.05) is 7.11 Å². The van der Waals surface area contributed by atoms with Crippen LogP contribution in [0.5, 0.6) is 5.75 Å². The van der Waals surface area contributed by atoms with Gasteiger partial charge in [0.05, 0.1) is 19.3 Å². The monoisotopic (exact) mass is 253 g/mol. The Hall–Kier alpha value is -2.31. The molecule has 96 valence electrons. The highest BCUT2D eigenvalue weighted by molar-refractivity contribution is 5.41. The van der Waals surface area contributed by atoms with E-state index in [0.29, 0.717) is 11.3 Å². The highest BCUT2D eigenvalue weighted by Gasteiger charge is 2.25. The van der Waals surface area contributed by atoms with E-state index in [-0.39, 0.29) is 0 Å². The number of nitriles is 1. The van der Waals surface area contributed by atoms with Gasteiger partial charge in [0.2, 0.25) is 0 Å². The molecule has 2 aromatic carbocycles. The predicted octanol–water partition coefficient (Wildman–Crippen LogP) is 3.04. The van der Waals surface area contributed by atoms with E-state index in [0.717, 1.165) is 5.56 Å². The molecule has 0 spiro atoms. The third-order valence-corrected chi connectivity index (χ3v) is 3.07. The van der Waals surface area contributed by atoms with Gasteiger partial charge in [-0.05, 0) is 11.6 Å². The molecule has 3 nitrogen and oxygen atoms in total. The minimum atomic E-state index is -0.873. The lowest BCUT2D eigenvalue weighted by molar-refractivity contribution is 0.163. The standard InChI is InChI=1S/C16H15NO2/c1-19-15-10-6-5-9-13(15)14(11-17)16(18)12-7-3-2-4-8-12/h2-10,14,16,18H,1H3/t14-,16-/m0/s1. The summed E-state index contributed by atoms with van der Waals surface area (Å²) in [6.07, 6.45) is -0.873. The molecule has 0 saturated carbocycles. The fourth-order valence-corrected chi connectivity index (χ4v) is 2.08. The quantitative estimate of drug-likeness (QED) is 0.911. The first-order valence-electron chi connectivity index (χ1n) is 6.03. The Bertz CT molecular complexity index is 575. The minimum Gasteiger partial charge on any atom is -0.496 e. The summed E-state index contributed by atoms with van der Waals surface area (Å²) < 4.78 is 5.25. The van der Waals surface area contributed by atoms with Crippen LogP contribution in [0, 0.1) is 11.3 Å². The predicted molar refractivity (Wildman–Crippen MR) is 72.7 cm³/mol. The molecule has 0 aliphatic rings.